The number of nitrogens with two attached hydrogens (primary N) is 1. The van der Waals surface area contributed by atoms with Gasteiger partial charge < -0.3 is 5.73 Å². The molecule has 2 heteroatoms. The Labute approximate surface area is 108 Å². The highest BCUT2D eigenvalue weighted by Crippen LogP contribution is 2.41. The van der Waals surface area contributed by atoms with Crippen LogP contribution in [0.4, 0.5) is 0 Å². The van der Waals surface area contributed by atoms with Gasteiger partial charge in [-0.2, -0.15) is 0 Å². The lowest BCUT2D eigenvalue weighted by Gasteiger charge is -2.45. The van der Waals surface area contributed by atoms with Gasteiger partial charge in [0, 0.05) is 12.1 Å². The molecule has 1 rings (SSSR count). The fourth-order valence-corrected chi connectivity index (χ4v) is 3.28. The van der Waals surface area contributed by atoms with Gasteiger partial charge in [0.25, 0.3) is 0 Å². The summed E-state index contributed by atoms with van der Waals surface area (Å²) in [6.45, 7) is 13.9. The highest BCUT2D eigenvalue weighted by Gasteiger charge is 2.37. The van der Waals surface area contributed by atoms with Crippen LogP contribution in [0.3, 0.4) is 0 Å². The van der Waals surface area contributed by atoms with Crippen LogP contribution in [0.2, 0.25) is 0 Å². The zero-order valence-electron chi connectivity index (χ0n) is 12.5. The monoisotopic (exact) mass is 240 g/mol. The van der Waals surface area contributed by atoms with Crippen molar-refractivity contribution in [1.82, 2.24) is 4.90 Å². The van der Waals surface area contributed by atoms with Gasteiger partial charge in [-0.25, -0.2) is 0 Å². The van der Waals surface area contributed by atoms with E-state index in [4.69, 9.17) is 5.73 Å². The summed E-state index contributed by atoms with van der Waals surface area (Å²) in [7, 11) is 0. The highest BCUT2D eigenvalue weighted by atomic mass is 15.2. The van der Waals surface area contributed by atoms with E-state index in [0.717, 1.165) is 19.0 Å². The molecule has 1 saturated carbocycles. The van der Waals surface area contributed by atoms with Gasteiger partial charge >= 0.3 is 0 Å². The van der Waals surface area contributed by atoms with Gasteiger partial charge in [0.2, 0.25) is 0 Å². The topological polar surface area (TPSA) is 29.3 Å². The van der Waals surface area contributed by atoms with Gasteiger partial charge in [-0.15, -0.1) is 0 Å². The number of rotatable bonds is 5. The van der Waals surface area contributed by atoms with Crippen molar-refractivity contribution in [2.75, 3.05) is 13.1 Å². The summed E-state index contributed by atoms with van der Waals surface area (Å²) >= 11 is 0. The second-order valence-corrected chi connectivity index (χ2v) is 6.30. The highest BCUT2D eigenvalue weighted by molar-refractivity contribution is 4.93. The van der Waals surface area contributed by atoms with Crippen molar-refractivity contribution in [3.8, 4) is 0 Å². The number of nitrogens with zero attached hydrogens (tertiary/aromatic N) is 1. The largest absolute Gasteiger partial charge is 0.326 e. The lowest BCUT2D eigenvalue weighted by molar-refractivity contribution is 0.0653. The maximum Gasteiger partial charge on any atom is 0.0249 e. The lowest BCUT2D eigenvalue weighted by Crippen LogP contribution is -2.52. The third kappa shape index (κ3) is 3.45. The van der Waals surface area contributed by atoms with E-state index in [2.05, 4.69) is 39.5 Å². The fraction of sp³-hybridized carbons (Fsp3) is 1.00. The Balaban J connectivity index is 2.71. The molecule has 0 heterocycles. The van der Waals surface area contributed by atoms with Gasteiger partial charge in [0.15, 0.2) is 0 Å². The van der Waals surface area contributed by atoms with E-state index in [1.54, 1.807) is 0 Å². The van der Waals surface area contributed by atoms with Gasteiger partial charge in [-0.1, -0.05) is 41.0 Å². The van der Waals surface area contributed by atoms with Crippen LogP contribution >= 0.6 is 0 Å². The van der Waals surface area contributed by atoms with E-state index < -0.39 is 0 Å². The standard InChI is InChI=1S/C15H32N2/c1-6-15(4,5)12-9-10-13(16)14(11-12)17(7-2)8-3/h12-14H,6-11,16H2,1-5H3. The predicted molar refractivity (Wildman–Crippen MR) is 76.1 cm³/mol. The van der Waals surface area contributed by atoms with E-state index in [0.29, 0.717) is 17.5 Å². The van der Waals surface area contributed by atoms with Crippen LogP contribution in [0, 0.1) is 11.3 Å². The Hall–Kier alpha value is -0.0800. The molecule has 2 nitrogen and oxygen atoms in total. The summed E-state index contributed by atoms with van der Waals surface area (Å²) < 4.78 is 0. The Morgan fingerprint density at radius 3 is 2.18 bits per heavy atom. The molecule has 1 aliphatic rings. The van der Waals surface area contributed by atoms with Crippen molar-refractivity contribution in [2.45, 2.75) is 72.4 Å². The van der Waals surface area contributed by atoms with Crippen molar-refractivity contribution in [3.63, 3.8) is 0 Å². The molecule has 3 atom stereocenters. The first kappa shape index (κ1) is 15.0. The molecule has 0 bridgehead atoms. The van der Waals surface area contributed by atoms with Crippen molar-refractivity contribution >= 4 is 0 Å². The minimum Gasteiger partial charge on any atom is -0.326 e. The molecule has 0 radical (unpaired) electrons. The summed E-state index contributed by atoms with van der Waals surface area (Å²) in [4.78, 5) is 2.56. The molecular weight excluding hydrogens is 208 g/mol. The minimum absolute atomic E-state index is 0.388. The summed E-state index contributed by atoms with van der Waals surface area (Å²) in [5.74, 6) is 0.845. The molecule has 0 aromatic heterocycles. The van der Waals surface area contributed by atoms with E-state index in [-0.39, 0.29) is 0 Å². The zero-order valence-corrected chi connectivity index (χ0v) is 12.5. The van der Waals surface area contributed by atoms with E-state index in [1.165, 1.54) is 25.7 Å². The Kier molecular flexibility index (Phi) is 5.46. The lowest BCUT2D eigenvalue weighted by atomic mass is 9.67. The Morgan fingerprint density at radius 2 is 1.71 bits per heavy atom. The first-order valence-electron chi connectivity index (χ1n) is 7.45. The molecule has 0 spiro atoms. The summed E-state index contributed by atoms with van der Waals surface area (Å²) in [6.07, 6.45) is 5.09. The molecule has 0 aliphatic heterocycles. The molecule has 102 valence electrons. The van der Waals surface area contributed by atoms with E-state index >= 15 is 0 Å². The summed E-state index contributed by atoms with van der Waals surface area (Å²) in [5.41, 5.74) is 6.81. The average Bonchev–Trinajstić information content (AvgIpc) is 2.32. The fourth-order valence-electron chi connectivity index (χ4n) is 3.28. The van der Waals surface area contributed by atoms with E-state index in [9.17, 15) is 0 Å². The SMILES string of the molecule is CCN(CC)C1CC(C(C)(C)CC)CCC1N. The number of hydrogen-bond donors (Lipinski definition) is 1. The van der Waals surface area contributed by atoms with E-state index in [1.807, 2.05) is 0 Å². The maximum atomic E-state index is 6.34. The van der Waals surface area contributed by atoms with Crippen LogP contribution in [0.1, 0.15) is 60.3 Å². The van der Waals surface area contributed by atoms with Crippen molar-refractivity contribution in [1.29, 1.82) is 0 Å². The quantitative estimate of drug-likeness (QED) is 0.799. The molecule has 0 aromatic carbocycles. The van der Waals surface area contributed by atoms with Crippen LogP contribution in [-0.4, -0.2) is 30.1 Å². The van der Waals surface area contributed by atoms with Crippen LogP contribution in [0.5, 0.6) is 0 Å². The molecule has 2 N–H and O–H groups in total. The van der Waals surface area contributed by atoms with Crippen LogP contribution < -0.4 is 5.73 Å². The Bertz CT molecular complexity index is 221. The maximum absolute atomic E-state index is 6.34. The van der Waals surface area contributed by atoms with Gasteiger partial charge in [-0.3, -0.25) is 4.90 Å². The Morgan fingerprint density at radius 1 is 1.12 bits per heavy atom. The van der Waals surface area contributed by atoms with Gasteiger partial charge in [0.05, 0.1) is 0 Å². The first-order chi connectivity index (χ1) is 7.96. The molecule has 1 fully saturated rings. The molecule has 0 saturated heterocycles. The smallest absolute Gasteiger partial charge is 0.0249 e. The van der Waals surface area contributed by atoms with Crippen molar-refractivity contribution < 1.29 is 0 Å². The molecule has 1 aliphatic carbocycles. The molecular formula is C15H32N2. The summed E-state index contributed by atoms with van der Waals surface area (Å²) in [6, 6.07) is 0.994. The van der Waals surface area contributed by atoms with Crippen LogP contribution in [-0.2, 0) is 0 Å². The second kappa shape index (κ2) is 6.19. The molecule has 3 unspecified atom stereocenters. The number of likely N-dealkylation sites (N-methyl/N-ethyl adjacent to an activating group) is 1. The zero-order chi connectivity index (χ0) is 13.1. The van der Waals surface area contributed by atoms with Crippen LogP contribution in [0.15, 0.2) is 0 Å². The van der Waals surface area contributed by atoms with Crippen molar-refractivity contribution in [3.05, 3.63) is 0 Å². The number of hydrogen-bond acceptors (Lipinski definition) is 2. The average molecular weight is 240 g/mol. The third-order valence-electron chi connectivity index (χ3n) is 5.17. The van der Waals surface area contributed by atoms with Gasteiger partial charge in [-0.05, 0) is 43.7 Å². The first-order valence-corrected chi connectivity index (χ1v) is 7.45. The van der Waals surface area contributed by atoms with Crippen LogP contribution in [0.25, 0.3) is 0 Å². The molecule has 0 aromatic rings. The normalized spacial score (nSPS) is 30.9. The van der Waals surface area contributed by atoms with Crippen molar-refractivity contribution in [2.24, 2.45) is 17.1 Å². The third-order valence-corrected chi connectivity index (χ3v) is 5.17. The molecule has 0 amide bonds. The van der Waals surface area contributed by atoms with Gasteiger partial charge in [0.1, 0.15) is 0 Å². The molecule has 17 heavy (non-hydrogen) atoms. The summed E-state index contributed by atoms with van der Waals surface area (Å²) in [5, 5.41) is 0. The minimum atomic E-state index is 0.388. The predicted octanol–water partition coefficient (Wildman–Crippen LogP) is 3.26. The second-order valence-electron chi connectivity index (χ2n) is 6.30.